The number of esters is 1. The van der Waals surface area contributed by atoms with Gasteiger partial charge in [0.05, 0.1) is 22.5 Å². The molecule has 8 heteroatoms. The van der Waals surface area contributed by atoms with E-state index in [0.29, 0.717) is 23.7 Å². The van der Waals surface area contributed by atoms with Crippen LogP contribution in [0.3, 0.4) is 0 Å². The summed E-state index contributed by atoms with van der Waals surface area (Å²) < 4.78 is 6.05. The van der Waals surface area contributed by atoms with Crippen LogP contribution in [0.25, 0.3) is 0 Å². The number of hydrogen-bond donors (Lipinski definition) is 1. The number of carbonyl (C=O) groups excluding carboxylic acids is 2. The lowest BCUT2D eigenvalue weighted by atomic mass is 10.3. The van der Waals surface area contributed by atoms with E-state index < -0.39 is 5.97 Å². The number of nitrogens with zero attached hydrogens (tertiary/aromatic N) is 1. The molecule has 2 rings (SSSR count). The average molecular weight is 417 g/mol. The number of thiophene rings is 2. The van der Waals surface area contributed by atoms with Gasteiger partial charge >= 0.3 is 5.97 Å². The number of nitrogens with one attached hydrogen (secondary N) is 1. The van der Waals surface area contributed by atoms with Gasteiger partial charge in [-0.2, -0.15) is 0 Å². The maximum absolute atomic E-state index is 12.1. The number of rotatable bonds is 7. The van der Waals surface area contributed by atoms with Crippen molar-refractivity contribution < 1.29 is 14.3 Å². The number of halogens is 1. The van der Waals surface area contributed by atoms with Crippen molar-refractivity contribution in [2.75, 3.05) is 25.5 Å². The van der Waals surface area contributed by atoms with Crippen LogP contribution in [0.2, 0.25) is 0 Å². The third-order valence-electron chi connectivity index (χ3n) is 2.88. The molecule has 0 aromatic carbocycles. The molecule has 2 aromatic rings. The first-order chi connectivity index (χ1) is 11.0. The molecule has 2 aromatic heterocycles. The normalized spacial score (nSPS) is 10.8. The van der Waals surface area contributed by atoms with Crippen molar-refractivity contribution in [3.63, 3.8) is 0 Å². The van der Waals surface area contributed by atoms with Crippen LogP contribution in [0.5, 0.6) is 0 Å². The lowest BCUT2D eigenvalue weighted by Crippen LogP contribution is -2.29. The van der Waals surface area contributed by atoms with Gasteiger partial charge in [0.2, 0.25) is 5.91 Å². The summed E-state index contributed by atoms with van der Waals surface area (Å²) in [5.41, 5.74) is 0.398. The van der Waals surface area contributed by atoms with Crippen LogP contribution >= 0.6 is 38.6 Å². The van der Waals surface area contributed by atoms with Gasteiger partial charge in [-0.15, -0.1) is 22.7 Å². The summed E-state index contributed by atoms with van der Waals surface area (Å²) in [4.78, 5) is 27.0. The van der Waals surface area contributed by atoms with Crippen LogP contribution in [0.1, 0.15) is 22.2 Å². The molecule has 1 N–H and O–H groups in total. The molecule has 124 valence electrons. The van der Waals surface area contributed by atoms with Crippen molar-refractivity contribution in [1.82, 2.24) is 4.90 Å². The van der Waals surface area contributed by atoms with Gasteiger partial charge in [-0.25, -0.2) is 4.79 Å². The zero-order chi connectivity index (χ0) is 16.8. The van der Waals surface area contributed by atoms with E-state index in [1.165, 1.54) is 16.2 Å². The Bertz CT molecular complexity index is 684. The van der Waals surface area contributed by atoms with E-state index in [9.17, 15) is 9.59 Å². The second-order valence-corrected chi connectivity index (χ2v) is 8.27. The van der Waals surface area contributed by atoms with E-state index in [2.05, 4.69) is 21.2 Å². The Balaban J connectivity index is 1.89. The highest BCUT2D eigenvalue weighted by molar-refractivity contribution is 9.11. The van der Waals surface area contributed by atoms with Crippen molar-refractivity contribution in [1.29, 1.82) is 0 Å². The Labute approximate surface area is 151 Å². The van der Waals surface area contributed by atoms with Gasteiger partial charge in [0.1, 0.15) is 5.00 Å². The Hall–Kier alpha value is -1.22. The molecule has 0 aliphatic carbocycles. The standard InChI is InChI=1S/C15H17BrN2O3S2/c1-3-21-15(20)11-6-7-22-14(11)17-13(19)9-18(2)8-10-4-5-12(16)23-10/h4-7H,3,8-9H2,1-2H3,(H,17,19). The highest BCUT2D eigenvalue weighted by Gasteiger charge is 2.16. The molecule has 0 bridgehead atoms. The molecule has 0 aliphatic rings. The maximum Gasteiger partial charge on any atom is 0.341 e. The summed E-state index contributed by atoms with van der Waals surface area (Å²) in [5.74, 6) is -0.572. The van der Waals surface area contributed by atoms with Crippen LogP contribution in [-0.2, 0) is 16.1 Å². The molecule has 0 saturated heterocycles. The molecule has 1 amide bonds. The van der Waals surface area contributed by atoms with Crippen molar-refractivity contribution in [2.45, 2.75) is 13.5 Å². The van der Waals surface area contributed by atoms with Gasteiger partial charge in [-0.05, 0) is 53.5 Å². The summed E-state index contributed by atoms with van der Waals surface area (Å²) in [5, 5.41) is 5.07. The molecule has 0 spiro atoms. The monoisotopic (exact) mass is 416 g/mol. The van der Waals surface area contributed by atoms with Crippen LogP contribution in [0, 0.1) is 0 Å². The minimum atomic E-state index is -0.416. The van der Waals surface area contributed by atoms with E-state index in [-0.39, 0.29) is 12.5 Å². The number of likely N-dealkylation sites (N-methyl/N-ethyl adjacent to an activating group) is 1. The topological polar surface area (TPSA) is 58.6 Å². The molecule has 2 heterocycles. The van der Waals surface area contributed by atoms with E-state index in [1.807, 2.05) is 24.1 Å². The van der Waals surface area contributed by atoms with Crippen LogP contribution in [0.4, 0.5) is 5.00 Å². The Morgan fingerprint density at radius 1 is 1.35 bits per heavy atom. The van der Waals surface area contributed by atoms with Crippen LogP contribution in [0.15, 0.2) is 27.4 Å². The van der Waals surface area contributed by atoms with Crippen LogP contribution < -0.4 is 5.32 Å². The first-order valence-electron chi connectivity index (χ1n) is 6.96. The predicted octanol–water partition coefficient (Wildman–Crippen LogP) is 3.82. The Morgan fingerprint density at radius 2 is 2.13 bits per heavy atom. The Kier molecular flexibility index (Phi) is 6.76. The minimum absolute atomic E-state index is 0.156. The van der Waals surface area contributed by atoms with Gasteiger partial charge < -0.3 is 10.1 Å². The van der Waals surface area contributed by atoms with Crippen LogP contribution in [-0.4, -0.2) is 37.0 Å². The quantitative estimate of drug-likeness (QED) is 0.696. The first kappa shape index (κ1) is 18.1. The fourth-order valence-electron chi connectivity index (χ4n) is 1.95. The second-order valence-electron chi connectivity index (χ2n) is 4.81. The SMILES string of the molecule is CCOC(=O)c1ccsc1NC(=O)CN(C)Cc1ccc(Br)s1. The number of ether oxygens (including phenoxy) is 1. The number of anilines is 1. The van der Waals surface area contributed by atoms with E-state index >= 15 is 0 Å². The maximum atomic E-state index is 12.1. The second kappa shape index (κ2) is 8.58. The molecule has 0 fully saturated rings. The summed E-state index contributed by atoms with van der Waals surface area (Å²) >= 11 is 6.38. The Morgan fingerprint density at radius 3 is 2.78 bits per heavy atom. The lowest BCUT2D eigenvalue weighted by Gasteiger charge is -2.15. The van der Waals surface area contributed by atoms with Crippen molar-refractivity contribution in [2.24, 2.45) is 0 Å². The fraction of sp³-hybridized carbons (Fsp3) is 0.333. The van der Waals surface area contributed by atoms with E-state index in [4.69, 9.17) is 4.74 Å². The summed E-state index contributed by atoms with van der Waals surface area (Å²) in [6.07, 6.45) is 0. The third kappa shape index (κ3) is 5.42. The first-order valence-corrected chi connectivity index (χ1v) is 9.45. The molecule has 0 saturated carbocycles. The number of hydrogen-bond acceptors (Lipinski definition) is 6. The molecule has 0 radical (unpaired) electrons. The number of carbonyl (C=O) groups is 2. The van der Waals surface area contributed by atoms with Crippen molar-refractivity contribution in [3.8, 4) is 0 Å². The fourth-order valence-corrected chi connectivity index (χ4v) is 4.30. The van der Waals surface area contributed by atoms with Crippen molar-refractivity contribution in [3.05, 3.63) is 37.8 Å². The largest absolute Gasteiger partial charge is 0.462 e. The van der Waals surface area contributed by atoms with E-state index in [0.717, 1.165) is 3.79 Å². The zero-order valence-corrected chi connectivity index (χ0v) is 16.0. The van der Waals surface area contributed by atoms with Gasteiger partial charge in [0, 0.05) is 11.4 Å². The molecule has 5 nitrogen and oxygen atoms in total. The van der Waals surface area contributed by atoms with Gasteiger partial charge in [0.15, 0.2) is 0 Å². The molecule has 0 unspecified atom stereocenters. The number of amides is 1. The van der Waals surface area contributed by atoms with E-state index in [1.54, 1.807) is 29.7 Å². The summed E-state index contributed by atoms with van der Waals surface area (Å²) in [6, 6.07) is 5.68. The average Bonchev–Trinajstić information content (AvgIpc) is 3.08. The minimum Gasteiger partial charge on any atom is -0.462 e. The van der Waals surface area contributed by atoms with Gasteiger partial charge in [0.25, 0.3) is 0 Å². The smallest absolute Gasteiger partial charge is 0.341 e. The van der Waals surface area contributed by atoms with Gasteiger partial charge in [-0.1, -0.05) is 0 Å². The highest BCUT2D eigenvalue weighted by atomic mass is 79.9. The predicted molar refractivity (Wildman–Crippen MR) is 97.3 cm³/mol. The lowest BCUT2D eigenvalue weighted by molar-refractivity contribution is -0.117. The molecular formula is C15H17BrN2O3S2. The van der Waals surface area contributed by atoms with Gasteiger partial charge in [-0.3, -0.25) is 9.69 Å². The summed E-state index contributed by atoms with van der Waals surface area (Å²) in [6.45, 7) is 3.00. The molecule has 0 aliphatic heterocycles. The van der Waals surface area contributed by atoms with Crippen molar-refractivity contribution >= 4 is 55.5 Å². The molecule has 23 heavy (non-hydrogen) atoms. The summed E-state index contributed by atoms with van der Waals surface area (Å²) in [7, 11) is 1.88. The molecular weight excluding hydrogens is 400 g/mol. The molecule has 0 atom stereocenters. The third-order valence-corrected chi connectivity index (χ3v) is 5.32. The highest BCUT2D eigenvalue weighted by Crippen LogP contribution is 2.25. The zero-order valence-electron chi connectivity index (χ0n) is 12.8.